The molecule has 0 atom stereocenters. The van der Waals surface area contributed by atoms with Crippen molar-refractivity contribution in [2.24, 2.45) is 0 Å². The van der Waals surface area contributed by atoms with Crippen molar-refractivity contribution >= 4 is 44.2 Å². The number of anilines is 1. The maximum absolute atomic E-state index is 13.2. The summed E-state index contributed by atoms with van der Waals surface area (Å²) < 4.78 is 3.71. The summed E-state index contributed by atoms with van der Waals surface area (Å²) in [6, 6.07) is 15.4. The van der Waals surface area contributed by atoms with E-state index in [1.807, 2.05) is 52.4 Å². The fraction of sp³-hybridized carbons (Fsp3) is 0.130. The molecule has 4 heterocycles. The van der Waals surface area contributed by atoms with Crippen LogP contribution in [0.2, 0.25) is 0 Å². The van der Waals surface area contributed by atoms with Crippen LogP contribution >= 0.6 is 11.3 Å². The second kappa shape index (κ2) is 6.88. The molecule has 31 heavy (non-hydrogen) atoms. The fourth-order valence-corrected chi connectivity index (χ4v) is 4.96. The highest BCUT2D eigenvalue weighted by molar-refractivity contribution is 7.13. The molecule has 5 aromatic rings. The molecule has 0 radical (unpaired) electrons. The van der Waals surface area contributed by atoms with Gasteiger partial charge in [-0.2, -0.15) is 0 Å². The fourth-order valence-electron chi connectivity index (χ4n) is 4.42. The van der Waals surface area contributed by atoms with E-state index in [0.717, 1.165) is 22.2 Å². The molecule has 0 spiro atoms. The average Bonchev–Trinajstić information content (AvgIpc) is 3.41. The molecule has 1 aliphatic heterocycles. The van der Waals surface area contributed by atoms with Crippen LogP contribution in [0, 0.1) is 0 Å². The molecule has 0 aliphatic carbocycles. The molecule has 0 saturated carbocycles. The van der Waals surface area contributed by atoms with Gasteiger partial charge in [0.15, 0.2) is 11.0 Å². The zero-order valence-electron chi connectivity index (χ0n) is 16.4. The molecule has 7 nitrogen and oxygen atoms in total. The first kappa shape index (κ1) is 18.0. The van der Waals surface area contributed by atoms with Crippen molar-refractivity contribution in [2.45, 2.75) is 19.5 Å². The predicted molar refractivity (Wildman–Crippen MR) is 121 cm³/mol. The number of hydrogen-bond acceptors (Lipinski definition) is 5. The number of nitrogens with one attached hydrogen (secondary N) is 1. The van der Waals surface area contributed by atoms with E-state index >= 15 is 0 Å². The molecule has 0 unspecified atom stereocenters. The number of hydrogen-bond donors (Lipinski definition) is 1. The monoisotopic (exact) mass is 427 g/mol. The number of aryl methyl sites for hydroxylation is 1. The van der Waals surface area contributed by atoms with Crippen LogP contribution in [-0.2, 0) is 24.3 Å². The molecular weight excluding hydrogens is 410 g/mol. The van der Waals surface area contributed by atoms with Crippen LogP contribution in [0.1, 0.15) is 5.56 Å². The van der Waals surface area contributed by atoms with Crippen molar-refractivity contribution in [2.75, 3.05) is 5.32 Å². The van der Waals surface area contributed by atoms with Gasteiger partial charge in [-0.1, -0.05) is 30.3 Å². The van der Waals surface area contributed by atoms with E-state index in [1.54, 1.807) is 10.8 Å². The van der Waals surface area contributed by atoms with E-state index in [1.165, 1.54) is 11.3 Å². The summed E-state index contributed by atoms with van der Waals surface area (Å²) in [6.07, 6.45) is 2.37. The third-order valence-corrected chi connectivity index (χ3v) is 6.40. The molecular formula is C23H17N5O2S. The molecule has 1 amide bonds. The van der Waals surface area contributed by atoms with Crippen LogP contribution in [0.15, 0.2) is 64.9 Å². The van der Waals surface area contributed by atoms with Gasteiger partial charge in [-0.3, -0.25) is 14.2 Å². The lowest BCUT2D eigenvalue weighted by atomic mass is 10.0. The molecule has 0 fully saturated rings. The lowest BCUT2D eigenvalue weighted by Crippen LogP contribution is -2.29. The van der Waals surface area contributed by atoms with E-state index in [9.17, 15) is 9.59 Å². The lowest BCUT2D eigenvalue weighted by molar-refractivity contribution is -0.116. The molecule has 1 aliphatic rings. The highest BCUT2D eigenvalue weighted by Crippen LogP contribution is 2.36. The van der Waals surface area contributed by atoms with Crippen molar-refractivity contribution < 1.29 is 4.79 Å². The number of carbonyl (C=O) groups excluding carboxylic acids is 1. The Hall–Kier alpha value is -3.78. The first-order valence-electron chi connectivity index (χ1n) is 10.00. The second-order valence-corrected chi connectivity index (χ2v) is 8.37. The topological polar surface area (TPSA) is 81.8 Å². The van der Waals surface area contributed by atoms with Crippen molar-refractivity contribution in [3.63, 3.8) is 0 Å². The van der Waals surface area contributed by atoms with Crippen LogP contribution < -0.4 is 10.9 Å². The molecule has 0 saturated heterocycles. The molecule has 6 rings (SSSR count). The summed E-state index contributed by atoms with van der Waals surface area (Å²) in [6.45, 7) is 0.677. The van der Waals surface area contributed by atoms with E-state index in [-0.39, 0.29) is 18.0 Å². The molecule has 8 heteroatoms. The first-order valence-corrected chi connectivity index (χ1v) is 10.9. The number of thiazole rings is 1. The maximum atomic E-state index is 13.2. The largest absolute Gasteiger partial charge is 0.328 e. The molecule has 1 N–H and O–H groups in total. The van der Waals surface area contributed by atoms with Gasteiger partial charge >= 0.3 is 0 Å². The Labute approximate surface area is 180 Å². The van der Waals surface area contributed by atoms with E-state index in [2.05, 4.69) is 16.4 Å². The zero-order valence-corrected chi connectivity index (χ0v) is 17.2. The van der Waals surface area contributed by atoms with Gasteiger partial charge in [0.1, 0.15) is 6.54 Å². The number of rotatable bonds is 3. The average molecular weight is 427 g/mol. The third-order valence-electron chi connectivity index (χ3n) is 5.71. The number of amides is 1. The van der Waals surface area contributed by atoms with Gasteiger partial charge < -0.3 is 9.88 Å². The van der Waals surface area contributed by atoms with Crippen LogP contribution in [0.5, 0.6) is 0 Å². The quantitative estimate of drug-likeness (QED) is 0.476. The Kier molecular flexibility index (Phi) is 4.00. The Morgan fingerprint density at radius 3 is 2.74 bits per heavy atom. The van der Waals surface area contributed by atoms with Gasteiger partial charge in [0.2, 0.25) is 5.91 Å². The highest BCUT2D eigenvalue weighted by Gasteiger charge is 2.28. The minimum Gasteiger partial charge on any atom is -0.328 e. The minimum atomic E-state index is -0.168. The smallest absolute Gasteiger partial charge is 0.261 e. The van der Waals surface area contributed by atoms with Crippen molar-refractivity contribution in [1.29, 1.82) is 0 Å². The molecule has 0 bridgehead atoms. The first-order chi connectivity index (χ1) is 15.2. The van der Waals surface area contributed by atoms with Gasteiger partial charge in [-0.25, -0.2) is 9.97 Å². The van der Waals surface area contributed by atoms with Crippen LogP contribution in [0.4, 0.5) is 5.13 Å². The molecule has 152 valence electrons. The summed E-state index contributed by atoms with van der Waals surface area (Å²) in [4.78, 5) is 35.0. The number of benzene rings is 2. The maximum Gasteiger partial charge on any atom is 0.261 e. The van der Waals surface area contributed by atoms with Gasteiger partial charge in [-0.15, -0.1) is 11.3 Å². The number of fused-ring (bicyclic) bond motifs is 6. The highest BCUT2D eigenvalue weighted by atomic mass is 32.1. The van der Waals surface area contributed by atoms with Crippen molar-refractivity contribution in [1.82, 2.24) is 19.1 Å². The number of aromatic nitrogens is 4. The normalized spacial score (nSPS) is 12.6. The number of nitrogens with zero attached hydrogens (tertiary/aromatic N) is 4. The summed E-state index contributed by atoms with van der Waals surface area (Å²) in [5.41, 5.74) is 3.54. The number of para-hydroxylation sites is 2. The van der Waals surface area contributed by atoms with Crippen LogP contribution in [0.25, 0.3) is 33.3 Å². The zero-order chi connectivity index (χ0) is 20.9. The summed E-state index contributed by atoms with van der Waals surface area (Å²) in [5, 5.41) is 6.94. The van der Waals surface area contributed by atoms with Gasteiger partial charge in [0.05, 0.1) is 16.6 Å². The summed E-state index contributed by atoms with van der Waals surface area (Å²) in [7, 11) is 0. The summed E-state index contributed by atoms with van der Waals surface area (Å²) in [5.74, 6) is 0.446. The van der Waals surface area contributed by atoms with Gasteiger partial charge in [0, 0.05) is 29.0 Å². The standard InChI is InChI=1S/C23H17N5O2S/c29-19(26-23-24-10-12-31-23)13-28-18-8-4-2-5-14(18)15-9-11-27-21(20(15)28)25-17-7-3-1-6-16(17)22(27)30/h1-8,10,12H,9,11,13H2,(H,24,26,29). The van der Waals surface area contributed by atoms with Gasteiger partial charge in [-0.05, 0) is 30.2 Å². The van der Waals surface area contributed by atoms with E-state index in [4.69, 9.17) is 4.98 Å². The predicted octanol–water partition coefficient (Wildman–Crippen LogP) is 3.67. The van der Waals surface area contributed by atoms with Gasteiger partial charge in [0.25, 0.3) is 5.56 Å². The molecule has 3 aromatic heterocycles. The van der Waals surface area contributed by atoms with Crippen molar-refractivity contribution in [3.05, 3.63) is 76.0 Å². The van der Waals surface area contributed by atoms with E-state index in [0.29, 0.717) is 34.8 Å². The minimum absolute atomic E-state index is 0.0460. The second-order valence-electron chi connectivity index (χ2n) is 7.48. The Morgan fingerprint density at radius 2 is 1.90 bits per heavy atom. The van der Waals surface area contributed by atoms with Crippen molar-refractivity contribution in [3.8, 4) is 11.5 Å². The third kappa shape index (κ3) is 2.79. The Morgan fingerprint density at radius 1 is 1.10 bits per heavy atom. The molecule has 2 aromatic carbocycles. The number of carbonyl (C=O) groups is 1. The Balaban J connectivity index is 1.57. The van der Waals surface area contributed by atoms with Crippen LogP contribution in [-0.4, -0.2) is 25.0 Å². The SMILES string of the molecule is O=C(Cn1c2c(c3ccccc31)CCn1c-2nc2ccccc2c1=O)Nc1nccs1. The van der Waals surface area contributed by atoms with E-state index < -0.39 is 0 Å². The lowest BCUT2D eigenvalue weighted by Gasteiger charge is -2.21. The summed E-state index contributed by atoms with van der Waals surface area (Å²) >= 11 is 1.38. The Bertz CT molecular complexity index is 1530. The van der Waals surface area contributed by atoms with Crippen LogP contribution in [0.3, 0.4) is 0 Å².